The molecule has 0 aromatic heterocycles. The molecule has 1 aromatic carbocycles. The van der Waals surface area contributed by atoms with Crippen LogP contribution >= 0.6 is 0 Å². The molecule has 3 N–H and O–H groups in total. The van der Waals surface area contributed by atoms with E-state index in [1.165, 1.54) is 7.11 Å². The molecule has 1 saturated heterocycles. The fourth-order valence-electron chi connectivity index (χ4n) is 8.15. The van der Waals surface area contributed by atoms with Gasteiger partial charge in [0, 0.05) is 40.3 Å². The lowest BCUT2D eigenvalue weighted by Gasteiger charge is -2.41. The van der Waals surface area contributed by atoms with Gasteiger partial charge in [-0.2, -0.15) is 0 Å². The Balaban J connectivity index is 2.29. The van der Waals surface area contributed by atoms with Crippen molar-refractivity contribution in [3.8, 4) is 0 Å². The summed E-state index contributed by atoms with van der Waals surface area (Å²) in [4.78, 5) is 73.6. The first kappa shape index (κ1) is 48.6. The van der Waals surface area contributed by atoms with Crippen LogP contribution in [0.4, 0.5) is 0 Å². The van der Waals surface area contributed by atoms with Crippen molar-refractivity contribution in [3.05, 3.63) is 35.9 Å². The number of carboxylic acid groups (broad SMARTS) is 1. The molecule has 1 aromatic rings. The first-order valence-electron chi connectivity index (χ1n) is 20.6. The Hall–Kier alpha value is -3.55. The molecular weight excluding hydrogens is 714 g/mol. The highest BCUT2D eigenvalue weighted by atomic mass is 16.5. The van der Waals surface area contributed by atoms with Crippen LogP contribution in [0.1, 0.15) is 100.0 Å². The summed E-state index contributed by atoms with van der Waals surface area (Å²) in [5.41, 5.74) is 0.786. The second kappa shape index (κ2) is 23.0. The molecule has 1 aliphatic rings. The number of ether oxygens (including phenoxy) is 2. The van der Waals surface area contributed by atoms with Gasteiger partial charge in [-0.15, -0.1) is 0 Å². The van der Waals surface area contributed by atoms with Gasteiger partial charge in [-0.05, 0) is 56.6 Å². The topological polar surface area (TPSA) is 158 Å². The Morgan fingerprint density at radius 3 is 2.00 bits per heavy atom. The molecular formula is C43H73N5O8. The van der Waals surface area contributed by atoms with Gasteiger partial charge in [0.25, 0.3) is 0 Å². The number of likely N-dealkylation sites (tertiary alicyclic amines) is 1. The maximum Gasteiger partial charge on any atom is 0.326 e. The molecule has 0 radical (unpaired) electrons. The highest BCUT2D eigenvalue weighted by Crippen LogP contribution is 2.30. The smallest absolute Gasteiger partial charge is 0.326 e. The number of carboxylic acids is 1. The van der Waals surface area contributed by atoms with Gasteiger partial charge in [-0.1, -0.05) is 92.1 Å². The number of carbonyl (C=O) groups excluding carboxylic acids is 4. The minimum absolute atomic E-state index is 0.0113. The summed E-state index contributed by atoms with van der Waals surface area (Å²) < 4.78 is 11.9. The number of likely N-dealkylation sites (N-methyl/N-ethyl adjacent to an activating group) is 2. The Kier molecular flexibility index (Phi) is 20.0. The van der Waals surface area contributed by atoms with E-state index in [1.807, 2.05) is 78.9 Å². The van der Waals surface area contributed by atoms with Crippen molar-refractivity contribution in [2.45, 2.75) is 149 Å². The molecule has 13 heteroatoms. The lowest BCUT2D eigenvalue weighted by atomic mass is 9.89. The Morgan fingerprint density at radius 2 is 1.50 bits per heavy atom. The summed E-state index contributed by atoms with van der Waals surface area (Å²) in [6, 6.07) is 6.06. The first-order valence-corrected chi connectivity index (χ1v) is 20.6. The molecule has 0 bridgehead atoms. The van der Waals surface area contributed by atoms with Gasteiger partial charge in [0.05, 0.1) is 42.7 Å². The molecule has 2 rings (SSSR count). The molecule has 1 aliphatic heterocycles. The fourth-order valence-corrected chi connectivity index (χ4v) is 8.15. The van der Waals surface area contributed by atoms with Crippen LogP contribution in [0.2, 0.25) is 0 Å². The van der Waals surface area contributed by atoms with E-state index in [2.05, 4.69) is 29.4 Å². The predicted molar refractivity (Wildman–Crippen MR) is 219 cm³/mol. The minimum Gasteiger partial charge on any atom is -0.480 e. The van der Waals surface area contributed by atoms with Crippen LogP contribution < -0.4 is 10.6 Å². The van der Waals surface area contributed by atoms with E-state index in [9.17, 15) is 29.1 Å². The van der Waals surface area contributed by atoms with Crippen molar-refractivity contribution < 1.29 is 38.6 Å². The number of hydrogen-bond donors (Lipinski definition) is 3. The van der Waals surface area contributed by atoms with Crippen molar-refractivity contribution >= 4 is 29.6 Å². The fraction of sp³-hybridized carbons (Fsp3) is 0.744. The highest BCUT2D eigenvalue weighted by molar-refractivity contribution is 5.90. The zero-order valence-corrected chi connectivity index (χ0v) is 36.4. The monoisotopic (exact) mass is 788 g/mol. The van der Waals surface area contributed by atoms with Crippen LogP contribution in [0.15, 0.2) is 30.3 Å². The molecule has 318 valence electrons. The van der Waals surface area contributed by atoms with Crippen molar-refractivity contribution in [3.63, 3.8) is 0 Å². The number of benzene rings is 1. The van der Waals surface area contributed by atoms with Gasteiger partial charge in [0.1, 0.15) is 12.1 Å². The van der Waals surface area contributed by atoms with Crippen LogP contribution in [-0.4, -0.2) is 133 Å². The van der Waals surface area contributed by atoms with Gasteiger partial charge >= 0.3 is 5.97 Å². The van der Waals surface area contributed by atoms with Gasteiger partial charge in [-0.25, -0.2) is 4.79 Å². The van der Waals surface area contributed by atoms with E-state index in [4.69, 9.17) is 9.47 Å². The van der Waals surface area contributed by atoms with Gasteiger partial charge in [0.2, 0.25) is 23.6 Å². The average molecular weight is 788 g/mol. The summed E-state index contributed by atoms with van der Waals surface area (Å²) >= 11 is 0. The maximum atomic E-state index is 14.4. The Morgan fingerprint density at radius 1 is 0.875 bits per heavy atom. The molecule has 13 nitrogen and oxygen atoms in total. The second-order valence-corrected chi connectivity index (χ2v) is 16.5. The van der Waals surface area contributed by atoms with E-state index in [1.54, 1.807) is 30.9 Å². The average Bonchev–Trinajstić information content (AvgIpc) is 3.65. The van der Waals surface area contributed by atoms with E-state index in [0.29, 0.717) is 19.4 Å². The van der Waals surface area contributed by atoms with Gasteiger partial charge in [0.15, 0.2) is 0 Å². The van der Waals surface area contributed by atoms with Gasteiger partial charge in [-0.3, -0.25) is 24.1 Å². The zero-order chi connectivity index (χ0) is 42.4. The summed E-state index contributed by atoms with van der Waals surface area (Å²) in [5.74, 6) is -3.20. The zero-order valence-electron chi connectivity index (χ0n) is 36.4. The third-order valence-corrected chi connectivity index (χ3v) is 12.0. The molecule has 0 saturated carbocycles. The maximum absolute atomic E-state index is 14.4. The quantitative estimate of drug-likeness (QED) is 0.144. The van der Waals surface area contributed by atoms with Crippen molar-refractivity contribution in [1.82, 2.24) is 25.3 Å². The molecule has 0 aliphatic carbocycles. The van der Waals surface area contributed by atoms with Crippen LogP contribution in [0.3, 0.4) is 0 Å². The number of aliphatic carboxylic acids is 1. The molecule has 4 amide bonds. The van der Waals surface area contributed by atoms with Gasteiger partial charge < -0.3 is 35.0 Å². The molecule has 56 heavy (non-hydrogen) atoms. The number of rotatable bonds is 23. The van der Waals surface area contributed by atoms with Crippen molar-refractivity contribution in [2.75, 3.05) is 34.9 Å². The molecule has 1 fully saturated rings. The SMILES string of the molecule is CCC(C)N(C)[C@H](C(=O)N[C@H](C(=O)N(C)[C@@H]([C@@H](C)CC)[C@@H](CC(=O)N1CCC[C@H]1[C@H](OC)[C@@H](C)C(=O)N[C@@H](Cc1ccccc1)C(=O)O)OC)C(C)C)C(C)C. The Labute approximate surface area is 336 Å². The van der Waals surface area contributed by atoms with Crippen LogP contribution in [-0.2, 0) is 39.9 Å². The summed E-state index contributed by atoms with van der Waals surface area (Å²) in [6.45, 7) is 18.3. The standard InChI is InChI=1S/C43H73N5O8/c1-14-28(7)38(47(11)42(52)36(26(3)4)45-41(51)37(27(5)6)46(10)29(8)15-2)34(55-12)25-35(49)48-23-19-22-33(48)39(56-13)30(9)40(50)44-32(43(53)54)24-31-20-17-16-18-21-31/h16-18,20-21,26-30,32-34,36-39H,14-15,19,22-25H2,1-13H3,(H,44,50)(H,45,51)(H,53,54)/t28-,29?,30+,32-,33-,34+,36-,37-,38-,39+/m0/s1. The number of hydrogen-bond acceptors (Lipinski definition) is 8. The summed E-state index contributed by atoms with van der Waals surface area (Å²) in [5, 5.41) is 15.7. The Bertz CT molecular complexity index is 1410. The van der Waals surface area contributed by atoms with Crippen LogP contribution in [0, 0.1) is 23.7 Å². The number of carbonyl (C=O) groups is 5. The van der Waals surface area contributed by atoms with Crippen molar-refractivity contribution in [2.24, 2.45) is 23.7 Å². The largest absolute Gasteiger partial charge is 0.480 e. The van der Waals surface area contributed by atoms with E-state index in [-0.39, 0.29) is 54.4 Å². The summed E-state index contributed by atoms with van der Waals surface area (Å²) in [6.07, 6.45) is 1.69. The van der Waals surface area contributed by atoms with Crippen molar-refractivity contribution in [1.29, 1.82) is 0 Å². The molecule has 1 heterocycles. The lowest BCUT2D eigenvalue weighted by Crippen LogP contribution is -2.60. The molecule has 1 unspecified atom stereocenters. The van der Waals surface area contributed by atoms with E-state index >= 15 is 0 Å². The third-order valence-electron chi connectivity index (χ3n) is 12.0. The first-order chi connectivity index (χ1) is 26.4. The third kappa shape index (κ3) is 12.7. The molecule has 0 spiro atoms. The highest BCUT2D eigenvalue weighted by Gasteiger charge is 2.43. The lowest BCUT2D eigenvalue weighted by molar-refractivity contribution is -0.148. The summed E-state index contributed by atoms with van der Waals surface area (Å²) in [7, 11) is 6.73. The number of amides is 4. The number of nitrogens with zero attached hydrogens (tertiary/aromatic N) is 3. The predicted octanol–water partition coefficient (Wildman–Crippen LogP) is 4.61. The second-order valence-electron chi connectivity index (χ2n) is 16.5. The van der Waals surface area contributed by atoms with Crippen LogP contribution in [0.5, 0.6) is 0 Å². The number of methoxy groups -OCH3 is 2. The molecule has 10 atom stereocenters. The number of nitrogens with one attached hydrogen (secondary N) is 2. The van der Waals surface area contributed by atoms with Crippen LogP contribution in [0.25, 0.3) is 0 Å². The van der Waals surface area contributed by atoms with E-state index in [0.717, 1.165) is 18.4 Å². The van der Waals surface area contributed by atoms with E-state index < -0.39 is 60.2 Å². The minimum atomic E-state index is -1.14. The normalized spacial score (nSPS) is 19.4.